The van der Waals surface area contributed by atoms with Gasteiger partial charge in [0.2, 0.25) is 0 Å². The highest BCUT2D eigenvalue weighted by Crippen LogP contribution is 2.35. The number of thiazole rings is 1. The largest absolute Gasteiger partial charge is 0.488 e. The van der Waals surface area contributed by atoms with Crippen molar-refractivity contribution in [3.05, 3.63) is 64.0 Å². The van der Waals surface area contributed by atoms with Gasteiger partial charge in [-0.25, -0.2) is 4.98 Å². The van der Waals surface area contributed by atoms with E-state index in [0.29, 0.717) is 13.2 Å². The van der Waals surface area contributed by atoms with Gasteiger partial charge in [-0.05, 0) is 69.4 Å². The molecule has 2 aromatic carbocycles. The molecule has 0 aliphatic carbocycles. The molecule has 1 saturated heterocycles. The highest BCUT2D eigenvalue weighted by atomic mass is 32.1. The first-order valence-corrected chi connectivity index (χ1v) is 13.5. The Morgan fingerprint density at radius 2 is 1.97 bits per heavy atom. The lowest BCUT2D eigenvalue weighted by Crippen LogP contribution is -2.42. The van der Waals surface area contributed by atoms with Gasteiger partial charge in [0, 0.05) is 42.0 Å². The van der Waals surface area contributed by atoms with Crippen LogP contribution in [-0.4, -0.2) is 41.6 Å². The van der Waals surface area contributed by atoms with E-state index in [1.165, 1.54) is 11.1 Å². The van der Waals surface area contributed by atoms with Gasteiger partial charge in [0.15, 0.2) is 5.13 Å². The number of anilines is 1. The van der Waals surface area contributed by atoms with E-state index in [4.69, 9.17) is 9.72 Å². The Bertz CT molecular complexity index is 1180. The van der Waals surface area contributed by atoms with Crippen LogP contribution in [0.2, 0.25) is 0 Å². The molecule has 36 heavy (non-hydrogen) atoms. The number of hydrogen-bond acceptors (Lipinski definition) is 7. The average molecular weight is 508 g/mol. The number of carbonyl (C=O) groups is 1. The van der Waals surface area contributed by atoms with Gasteiger partial charge < -0.3 is 24.9 Å². The van der Waals surface area contributed by atoms with Crippen LogP contribution >= 0.6 is 11.3 Å². The summed E-state index contributed by atoms with van der Waals surface area (Å²) in [6.07, 6.45) is 2.88. The molecule has 0 bridgehead atoms. The van der Waals surface area contributed by atoms with E-state index in [-0.39, 0.29) is 18.1 Å². The molecule has 0 radical (unpaired) electrons. The number of piperidine rings is 1. The van der Waals surface area contributed by atoms with Crippen molar-refractivity contribution in [3.63, 3.8) is 0 Å². The van der Waals surface area contributed by atoms with Crippen LogP contribution in [0.3, 0.4) is 0 Å². The zero-order valence-corrected chi connectivity index (χ0v) is 22.5. The first-order chi connectivity index (χ1) is 17.3. The maximum absolute atomic E-state index is 11.1. The number of ether oxygens (including phenoxy) is 1. The Kier molecular flexibility index (Phi) is 8.44. The molecule has 0 amide bonds. The minimum atomic E-state index is -0.307. The number of aliphatic hydroxyl groups excluding tert-OH is 1. The lowest BCUT2D eigenvalue weighted by molar-refractivity contribution is -0.111. The monoisotopic (exact) mass is 507 g/mol. The van der Waals surface area contributed by atoms with Gasteiger partial charge in [0.25, 0.3) is 0 Å². The van der Waals surface area contributed by atoms with Crippen molar-refractivity contribution in [2.75, 3.05) is 24.6 Å². The predicted octanol–water partition coefficient (Wildman–Crippen LogP) is 5.28. The van der Waals surface area contributed by atoms with Crippen molar-refractivity contribution in [2.24, 2.45) is 5.92 Å². The van der Waals surface area contributed by atoms with Crippen LogP contribution in [0.5, 0.6) is 5.75 Å². The van der Waals surface area contributed by atoms with E-state index < -0.39 is 0 Å². The normalized spacial score (nSPS) is 14.8. The second-order valence-electron chi connectivity index (χ2n) is 10.4. The summed E-state index contributed by atoms with van der Waals surface area (Å²) in [6.45, 7) is 11.2. The smallest absolute Gasteiger partial charge is 0.185 e. The molecule has 1 aliphatic rings. The molecular formula is C29H37N3O3S. The molecule has 2 heterocycles. The summed E-state index contributed by atoms with van der Waals surface area (Å²) in [6, 6.07) is 12.6. The zero-order chi connectivity index (χ0) is 25.7. The van der Waals surface area contributed by atoms with Crippen molar-refractivity contribution in [3.8, 4) is 17.0 Å². The Morgan fingerprint density at radius 1 is 1.19 bits per heavy atom. The van der Waals surface area contributed by atoms with Crippen LogP contribution in [0.15, 0.2) is 41.8 Å². The van der Waals surface area contributed by atoms with Crippen LogP contribution < -0.4 is 15.0 Å². The fourth-order valence-corrected chi connectivity index (χ4v) is 5.19. The van der Waals surface area contributed by atoms with Gasteiger partial charge in [-0.15, -0.1) is 11.3 Å². The standard InChI is InChI=1S/C29H37N3O3S/c1-20-5-8-27(35-17-24-7-6-23(14-21(24)2)15-30-29(3,4)19-34)25(13-20)26-18-36-28(31-26)32-11-9-22(16-33)10-12-32/h5-8,13-14,16,18,22,30,34H,9-12,15,17,19H2,1-4H3. The summed E-state index contributed by atoms with van der Waals surface area (Å²) >= 11 is 1.65. The third kappa shape index (κ3) is 6.52. The summed E-state index contributed by atoms with van der Waals surface area (Å²) in [5.41, 5.74) is 6.29. The molecule has 7 heteroatoms. The minimum absolute atomic E-state index is 0.0932. The molecule has 0 spiro atoms. The maximum Gasteiger partial charge on any atom is 0.185 e. The highest BCUT2D eigenvalue weighted by molar-refractivity contribution is 7.14. The number of nitrogens with zero attached hydrogens (tertiary/aromatic N) is 2. The number of aromatic nitrogens is 1. The van der Waals surface area contributed by atoms with Crippen LogP contribution in [0.1, 0.15) is 48.9 Å². The van der Waals surface area contributed by atoms with Gasteiger partial charge in [-0.3, -0.25) is 0 Å². The van der Waals surface area contributed by atoms with Crippen LogP contribution in [-0.2, 0) is 17.9 Å². The number of aliphatic hydroxyl groups is 1. The number of aldehydes is 1. The molecule has 0 unspecified atom stereocenters. The SMILES string of the molecule is Cc1ccc(OCc2ccc(CNC(C)(C)CO)cc2C)c(-c2csc(N3CCC(C=O)CC3)n2)c1. The molecular weight excluding hydrogens is 470 g/mol. The van der Waals surface area contributed by atoms with Gasteiger partial charge in [-0.1, -0.05) is 29.8 Å². The molecule has 0 atom stereocenters. The minimum Gasteiger partial charge on any atom is -0.488 e. The molecule has 4 rings (SSSR count). The molecule has 2 N–H and O–H groups in total. The van der Waals surface area contributed by atoms with E-state index in [1.807, 2.05) is 19.9 Å². The lowest BCUT2D eigenvalue weighted by atomic mass is 9.99. The number of benzene rings is 2. The summed E-state index contributed by atoms with van der Waals surface area (Å²) in [5, 5.41) is 16.0. The van der Waals surface area contributed by atoms with Crippen molar-refractivity contribution in [2.45, 2.75) is 59.2 Å². The predicted molar refractivity (Wildman–Crippen MR) is 147 cm³/mol. The van der Waals surface area contributed by atoms with E-state index in [9.17, 15) is 9.90 Å². The van der Waals surface area contributed by atoms with Crippen molar-refractivity contribution in [1.29, 1.82) is 0 Å². The fourth-order valence-electron chi connectivity index (χ4n) is 4.31. The van der Waals surface area contributed by atoms with Crippen LogP contribution in [0.4, 0.5) is 5.13 Å². The van der Waals surface area contributed by atoms with Crippen LogP contribution in [0, 0.1) is 19.8 Å². The van der Waals surface area contributed by atoms with Gasteiger partial charge in [-0.2, -0.15) is 0 Å². The second-order valence-corrected chi connectivity index (χ2v) is 11.3. The van der Waals surface area contributed by atoms with Crippen molar-refractivity contribution >= 4 is 22.8 Å². The molecule has 192 valence electrons. The Labute approximate surface area is 218 Å². The third-order valence-electron chi connectivity index (χ3n) is 6.86. The van der Waals surface area contributed by atoms with Crippen molar-refractivity contribution < 1.29 is 14.6 Å². The molecule has 3 aromatic rings. The number of carbonyl (C=O) groups excluding carboxylic acids is 1. The summed E-state index contributed by atoms with van der Waals surface area (Å²) in [5.74, 6) is 1.01. The fraction of sp³-hybridized carbons (Fsp3) is 0.448. The summed E-state index contributed by atoms with van der Waals surface area (Å²) < 4.78 is 6.33. The second kappa shape index (κ2) is 11.5. The first kappa shape index (κ1) is 26.3. The third-order valence-corrected chi connectivity index (χ3v) is 7.76. The van der Waals surface area contributed by atoms with E-state index >= 15 is 0 Å². The molecule has 1 fully saturated rings. The number of rotatable bonds is 10. The summed E-state index contributed by atoms with van der Waals surface area (Å²) in [7, 11) is 0. The number of hydrogen-bond donors (Lipinski definition) is 2. The molecule has 0 saturated carbocycles. The zero-order valence-electron chi connectivity index (χ0n) is 21.7. The topological polar surface area (TPSA) is 74.7 Å². The first-order valence-electron chi connectivity index (χ1n) is 12.6. The number of nitrogens with one attached hydrogen (secondary N) is 1. The molecule has 1 aromatic heterocycles. The van der Waals surface area contributed by atoms with Gasteiger partial charge in [0.05, 0.1) is 12.3 Å². The highest BCUT2D eigenvalue weighted by Gasteiger charge is 2.22. The van der Waals surface area contributed by atoms with Gasteiger partial charge >= 0.3 is 0 Å². The quantitative estimate of drug-likeness (QED) is 0.364. The van der Waals surface area contributed by atoms with E-state index in [2.05, 4.69) is 59.8 Å². The maximum atomic E-state index is 11.1. The van der Waals surface area contributed by atoms with E-state index in [0.717, 1.165) is 65.5 Å². The number of aryl methyl sites for hydroxylation is 2. The Morgan fingerprint density at radius 3 is 2.67 bits per heavy atom. The average Bonchev–Trinajstić information content (AvgIpc) is 3.38. The summed E-state index contributed by atoms with van der Waals surface area (Å²) in [4.78, 5) is 18.3. The van der Waals surface area contributed by atoms with Gasteiger partial charge in [0.1, 0.15) is 18.6 Å². The lowest BCUT2D eigenvalue weighted by Gasteiger charge is -2.29. The van der Waals surface area contributed by atoms with Crippen LogP contribution in [0.25, 0.3) is 11.3 Å². The van der Waals surface area contributed by atoms with Crippen molar-refractivity contribution in [1.82, 2.24) is 10.3 Å². The molecule has 1 aliphatic heterocycles. The Balaban J connectivity index is 1.45. The molecule has 6 nitrogen and oxygen atoms in total. The Hall–Kier alpha value is -2.74. The van der Waals surface area contributed by atoms with E-state index in [1.54, 1.807) is 11.3 Å².